The van der Waals surface area contributed by atoms with Crippen LogP contribution in [0.4, 0.5) is 5.82 Å². The number of benzene rings is 1. The van der Waals surface area contributed by atoms with Gasteiger partial charge in [-0.15, -0.1) is 0 Å². The molecular weight excluding hydrogens is 282 g/mol. The van der Waals surface area contributed by atoms with E-state index in [2.05, 4.69) is 15.3 Å². The monoisotopic (exact) mass is 299 g/mol. The Labute approximate surface area is 128 Å². The first-order chi connectivity index (χ1) is 10.6. The van der Waals surface area contributed by atoms with Crippen LogP contribution >= 0.6 is 0 Å². The second-order valence-electron chi connectivity index (χ2n) is 5.33. The zero-order chi connectivity index (χ0) is 15.5. The molecule has 0 aliphatic heterocycles. The van der Waals surface area contributed by atoms with E-state index in [4.69, 9.17) is 9.84 Å². The second-order valence-corrected chi connectivity index (χ2v) is 5.33. The third-order valence-electron chi connectivity index (χ3n) is 3.37. The molecule has 0 saturated heterocycles. The van der Waals surface area contributed by atoms with Gasteiger partial charge in [0, 0.05) is 12.1 Å². The molecule has 1 saturated carbocycles. The van der Waals surface area contributed by atoms with Crippen LogP contribution in [0.25, 0.3) is 0 Å². The smallest absolute Gasteiger partial charge is 0.354 e. The Balaban J connectivity index is 1.78. The number of aromatic carboxylic acids is 1. The largest absolute Gasteiger partial charge is 0.485 e. The van der Waals surface area contributed by atoms with Crippen LogP contribution in [0.1, 0.15) is 34.7 Å². The van der Waals surface area contributed by atoms with Crippen LogP contribution in [-0.2, 0) is 6.61 Å². The number of nitrogens with zero attached hydrogens (tertiary/aromatic N) is 2. The summed E-state index contributed by atoms with van der Waals surface area (Å²) < 4.78 is 5.69. The lowest BCUT2D eigenvalue weighted by molar-refractivity contribution is 0.0689. The van der Waals surface area contributed by atoms with Gasteiger partial charge in [0.1, 0.15) is 18.2 Å². The predicted octanol–water partition coefficient (Wildman–Crippen LogP) is 2.64. The van der Waals surface area contributed by atoms with Gasteiger partial charge in [-0.25, -0.2) is 14.8 Å². The Bertz CT molecular complexity index is 699. The van der Waals surface area contributed by atoms with Crippen LogP contribution < -0.4 is 10.1 Å². The molecule has 1 fully saturated rings. The van der Waals surface area contributed by atoms with E-state index >= 15 is 0 Å². The van der Waals surface area contributed by atoms with E-state index in [1.165, 1.54) is 6.07 Å². The first kappa shape index (κ1) is 14.3. The lowest BCUT2D eigenvalue weighted by atomic mass is 10.2. The molecule has 114 valence electrons. The van der Waals surface area contributed by atoms with Crippen molar-refractivity contribution < 1.29 is 14.6 Å². The summed E-state index contributed by atoms with van der Waals surface area (Å²) in [6.45, 7) is 2.08. The summed E-state index contributed by atoms with van der Waals surface area (Å²) in [4.78, 5) is 19.5. The number of carbonyl (C=O) groups is 1. The lowest BCUT2D eigenvalue weighted by Gasteiger charge is -2.10. The summed E-state index contributed by atoms with van der Waals surface area (Å²) in [5.74, 6) is 0.562. The quantitative estimate of drug-likeness (QED) is 0.853. The molecule has 0 bridgehead atoms. The zero-order valence-electron chi connectivity index (χ0n) is 12.2. The van der Waals surface area contributed by atoms with Crippen molar-refractivity contribution in [1.29, 1.82) is 0 Å². The summed E-state index contributed by atoms with van der Waals surface area (Å²) >= 11 is 0. The van der Waals surface area contributed by atoms with E-state index in [0.717, 1.165) is 24.2 Å². The molecule has 6 heteroatoms. The molecule has 0 atom stereocenters. The molecule has 3 rings (SSSR count). The third-order valence-corrected chi connectivity index (χ3v) is 3.37. The van der Waals surface area contributed by atoms with E-state index in [0.29, 0.717) is 17.7 Å². The van der Waals surface area contributed by atoms with Gasteiger partial charge in [0.25, 0.3) is 0 Å². The molecule has 0 spiro atoms. The van der Waals surface area contributed by atoms with Crippen molar-refractivity contribution in [2.75, 3.05) is 5.32 Å². The molecule has 0 radical (unpaired) electrons. The van der Waals surface area contributed by atoms with Gasteiger partial charge >= 0.3 is 5.97 Å². The summed E-state index contributed by atoms with van der Waals surface area (Å²) in [7, 11) is 0. The van der Waals surface area contributed by atoms with Gasteiger partial charge in [0.05, 0.1) is 0 Å². The van der Waals surface area contributed by atoms with Gasteiger partial charge in [0.2, 0.25) is 0 Å². The summed E-state index contributed by atoms with van der Waals surface area (Å²) in [5.41, 5.74) is 0.981. The number of anilines is 1. The molecule has 1 heterocycles. The van der Waals surface area contributed by atoms with Gasteiger partial charge in [-0.05, 0) is 31.4 Å². The van der Waals surface area contributed by atoms with E-state index in [1.807, 2.05) is 31.2 Å². The van der Waals surface area contributed by atoms with Crippen molar-refractivity contribution in [3.8, 4) is 5.75 Å². The highest BCUT2D eigenvalue weighted by atomic mass is 16.5. The second kappa shape index (κ2) is 6.01. The fourth-order valence-corrected chi connectivity index (χ4v) is 2.04. The normalized spacial score (nSPS) is 13.7. The number of hydrogen-bond donors (Lipinski definition) is 2. The SMILES string of the molecule is Cc1ccccc1OCc1nc(NC2CC2)cc(C(=O)O)n1. The van der Waals surface area contributed by atoms with Gasteiger partial charge in [-0.2, -0.15) is 0 Å². The van der Waals surface area contributed by atoms with Crippen LogP contribution in [0.2, 0.25) is 0 Å². The number of hydrogen-bond acceptors (Lipinski definition) is 5. The molecule has 6 nitrogen and oxygen atoms in total. The van der Waals surface area contributed by atoms with Crippen LogP contribution in [-0.4, -0.2) is 27.1 Å². The zero-order valence-corrected chi connectivity index (χ0v) is 12.2. The van der Waals surface area contributed by atoms with Crippen molar-refractivity contribution in [3.63, 3.8) is 0 Å². The minimum Gasteiger partial charge on any atom is -0.485 e. The predicted molar refractivity (Wildman–Crippen MR) is 81.1 cm³/mol. The first-order valence-corrected chi connectivity index (χ1v) is 7.18. The lowest BCUT2D eigenvalue weighted by Crippen LogP contribution is -2.12. The molecule has 2 N–H and O–H groups in total. The molecular formula is C16H17N3O3. The maximum atomic E-state index is 11.2. The van der Waals surface area contributed by atoms with Crippen LogP contribution in [0.5, 0.6) is 5.75 Å². The number of aryl methyl sites for hydroxylation is 1. The van der Waals surface area contributed by atoms with Crippen molar-refractivity contribution >= 4 is 11.8 Å². The number of ether oxygens (including phenoxy) is 1. The van der Waals surface area contributed by atoms with Crippen molar-refractivity contribution in [3.05, 3.63) is 47.4 Å². The highest BCUT2D eigenvalue weighted by Crippen LogP contribution is 2.24. The Hall–Kier alpha value is -2.63. The molecule has 1 aromatic heterocycles. The topological polar surface area (TPSA) is 84.3 Å². The molecule has 1 aliphatic rings. The standard InChI is InChI=1S/C16H17N3O3/c1-10-4-2-3-5-13(10)22-9-15-18-12(16(20)21)8-14(19-15)17-11-6-7-11/h2-5,8,11H,6-7,9H2,1H3,(H,20,21)(H,17,18,19). The highest BCUT2D eigenvalue weighted by molar-refractivity contribution is 5.86. The van der Waals surface area contributed by atoms with Crippen molar-refractivity contribution in [1.82, 2.24) is 9.97 Å². The Morgan fingerprint density at radius 1 is 1.36 bits per heavy atom. The summed E-state index contributed by atoms with van der Waals surface area (Å²) in [6, 6.07) is 9.47. The number of rotatable bonds is 6. The average molecular weight is 299 g/mol. The van der Waals surface area contributed by atoms with Gasteiger partial charge < -0.3 is 15.2 Å². The number of para-hydroxylation sites is 1. The van der Waals surface area contributed by atoms with E-state index < -0.39 is 5.97 Å². The fraction of sp³-hybridized carbons (Fsp3) is 0.312. The Morgan fingerprint density at radius 2 is 2.14 bits per heavy atom. The maximum Gasteiger partial charge on any atom is 0.354 e. The fourth-order valence-electron chi connectivity index (χ4n) is 2.04. The molecule has 1 aliphatic carbocycles. The number of aromatic nitrogens is 2. The van der Waals surface area contributed by atoms with E-state index in [-0.39, 0.29) is 12.3 Å². The first-order valence-electron chi connectivity index (χ1n) is 7.18. The molecule has 1 aromatic carbocycles. The minimum atomic E-state index is -1.07. The van der Waals surface area contributed by atoms with Crippen LogP contribution in [0.3, 0.4) is 0 Å². The Morgan fingerprint density at radius 3 is 2.82 bits per heavy atom. The van der Waals surface area contributed by atoms with E-state index in [9.17, 15) is 4.79 Å². The van der Waals surface area contributed by atoms with Crippen LogP contribution in [0, 0.1) is 6.92 Å². The maximum absolute atomic E-state index is 11.2. The van der Waals surface area contributed by atoms with Crippen molar-refractivity contribution in [2.24, 2.45) is 0 Å². The molecule has 2 aromatic rings. The van der Waals surface area contributed by atoms with Crippen molar-refractivity contribution in [2.45, 2.75) is 32.4 Å². The average Bonchev–Trinajstić information content (AvgIpc) is 3.30. The Kier molecular flexibility index (Phi) is 3.91. The number of carboxylic acids is 1. The highest BCUT2D eigenvalue weighted by Gasteiger charge is 2.22. The van der Waals surface area contributed by atoms with E-state index in [1.54, 1.807) is 0 Å². The summed E-state index contributed by atoms with van der Waals surface area (Å²) in [5, 5.41) is 12.3. The minimum absolute atomic E-state index is 0.0264. The third kappa shape index (κ3) is 3.52. The van der Waals surface area contributed by atoms with Gasteiger partial charge in [-0.1, -0.05) is 18.2 Å². The molecule has 0 unspecified atom stereocenters. The van der Waals surface area contributed by atoms with Crippen LogP contribution in [0.15, 0.2) is 30.3 Å². The molecule has 0 amide bonds. The number of carboxylic acid groups (broad SMARTS) is 1. The molecule has 22 heavy (non-hydrogen) atoms. The van der Waals surface area contributed by atoms with Gasteiger partial charge in [-0.3, -0.25) is 0 Å². The number of nitrogens with one attached hydrogen (secondary N) is 1. The summed E-state index contributed by atoms with van der Waals surface area (Å²) in [6.07, 6.45) is 2.17. The van der Waals surface area contributed by atoms with Gasteiger partial charge in [0.15, 0.2) is 11.5 Å².